The Hall–Kier alpha value is -3.27. The minimum absolute atomic E-state index is 0.258. The fraction of sp³-hybridized carbons (Fsp3) is 0.0714. The molecule has 7 nitrogen and oxygen atoms in total. The third-order valence-corrected chi connectivity index (χ3v) is 2.97. The Labute approximate surface area is 120 Å². The average Bonchev–Trinajstić information content (AvgIpc) is 3.10. The normalized spacial score (nSPS) is 10.1. The molecule has 3 rings (SSSR count). The zero-order chi connectivity index (χ0) is 14.8. The molecule has 21 heavy (non-hydrogen) atoms. The number of amides is 1. The second kappa shape index (κ2) is 5.02. The molecule has 3 heterocycles. The summed E-state index contributed by atoms with van der Waals surface area (Å²) in [5.41, 5.74) is 7.62. The van der Waals surface area contributed by atoms with Gasteiger partial charge < -0.3 is 15.5 Å². The molecule has 0 aliphatic heterocycles. The van der Waals surface area contributed by atoms with Crippen molar-refractivity contribution in [3.8, 4) is 11.8 Å². The highest BCUT2D eigenvalue weighted by atomic mass is 16.1. The Morgan fingerprint density at radius 2 is 2.29 bits per heavy atom. The molecule has 0 atom stereocenters. The van der Waals surface area contributed by atoms with Crippen LogP contribution in [0.2, 0.25) is 0 Å². The van der Waals surface area contributed by atoms with Gasteiger partial charge in [-0.15, -0.1) is 0 Å². The van der Waals surface area contributed by atoms with Crippen LogP contribution < -0.4 is 11.1 Å². The molecule has 7 heteroatoms. The first-order chi connectivity index (χ1) is 10.2. The number of anilines is 1. The molecular weight excluding hydrogens is 268 g/mol. The second-order valence-corrected chi connectivity index (χ2v) is 4.30. The van der Waals surface area contributed by atoms with Crippen LogP contribution in [0, 0.1) is 11.8 Å². The number of nitrogens with zero attached hydrogens (tertiary/aromatic N) is 3. The van der Waals surface area contributed by atoms with Crippen molar-refractivity contribution in [3.63, 3.8) is 0 Å². The number of H-pyrrole nitrogens is 1. The predicted octanol–water partition coefficient (Wildman–Crippen LogP) is 0.598. The van der Waals surface area contributed by atoms with Crippen LogP contribution >= 0.6 is 0 Å². The summed E-state index contributed by atoms with van der Waals surface area (Å²) in [6.07, 6.45) is 5.41. The number of imidazole rings is 1. The number of carbonyl (C=O) groups excluding carboxylic acids is 1. The molecule has 0 aromatic carbocycles. The molecule has 0 aliphatic carbocycles. The molecule has 0 aliphatic rings. The fourth-order valence-corrected chi connectivity index (χ4v) is 1.98. The summed E-state index contributed by atoms with van der Waals surface area (Å²) >= 11 is 0. The van der Waals surface area contributed by atoms with Gasteiger partial charge >= 0.3 is 0 Å². The number of hydrogen-bond donors (Lipinski definition) is 3. The van der Waals surface area contributed by atoms with Crippen molar-refractivity contribution in [3.05, 3.63) is 47.5 Å². The van der Waals surface area contributed by atoms with E-state index in [-0.39, 0.29) is 5.56 Å². The highest BCUT2D eigenvalue weighted by Gasteiger charge is 2.15. The lowest BCUT2D eigenvalue weighted by atomic mass is 10.2. The van der Waals surface area contributed by atoms with E-state index in [2.05, 4.69) is 32.3 Å². The number of aromatic nitrogens is 4. The number of primary amides is 1. The van der Waals surface area contributed by atoms with Crippen molar-refractivity contribution in [2.45, 2.75) is 0 Å². The van der Waals surface area contributed by atoms with Gasteiger partial charge in [0.1, 0.15) is 16.9 Å². The van der Waals surface area contributed by atoms with Crippen LogP contribution in [0.4, 0.5) is 5.82 Å². The molecule has 0 fully saturated rings. The molecule has 0 saturated carbocycles. The van der Waals surface area contributed by atoms with Crippen LogP contribution in [-0.2, 0) is 0 Å². The summed E-state index contributed by atoms with van der Waals surface area (Å²) in [6, 6.07) is 3.72. The first kappa shape index (κ1) is 12.7. The van der Waals surface area contributed by atoms with Crippen molar-refractivity contribution in [2.75, 3.05) is 12.4 Å². The van der Waals surface area contributed by atoms with E-state index in [0.29, 0.717) is 11.5 Å². The summed E-state index contributed by atoms with van der Waals surface area (Å²) in [4.78, 5) is 15.6. The van der Waals surface area contributed by atoms with Gasteiger partial charge in [-0.2, -0.15) is 5.10 Å². The molecule has 0 bridgehead atoms. The topological polar surface area (TPSA) is 101 Å². The van der Waals surface area contributed by atoms with Crippen molar-refractivity contribution < 1.29 is 4.79 Å². The molecule has 0 radical (unpaired) electrons. The summed E-state index contributed by atoms with van der Waals surface area (Å²) in [6.45, 7) is 0. The Morgan fingerprint density at radius 3 is 3.05 bits per heavy atom. The van der Waals surface area contributed by atoms with Crippen molar-refractivity contribution in [2.24, 2.45) is 5.73 Å². The quantitative estimate of drug-likeness (QED) is 0.598. The lowest BCUT2D eigenvalue weighted by Gasteiger charge is -1.96. The number of carbonyl (C=O) groups is 1. The zero-order valence-electron chi connectivity index (χ0n) is 11.2. The number of rotatable bonds is 2. The van der Waals surface area contributed by atoms with E-state index in [1.54, 1.807) is 13.2 Å². The van der Waals surface area contributed by atoms with Crippen LogP contribution in [-0.4, -0.2) is 32.5 Å². The monoisotopic (exact) mass is 280 g/mol. The lowest BCUT2D eigenvalue weighted by Crippen LogP contribution is -2.13. The first-order valence-corrected chi connectivity index (χ1v) is 6.19. The Kier molecular flexibility index (Phi) is 3.04. The van der Waals surface area contributed by atoms with E-state index in [4.69, 9.17) is 5.73 Å². The van der Waals surface area contributed by atoms with Crippen LogP contribution in [0.3, 0.4) is 0 Å². The molecule has 0 spiro atoms. The lowest BCUT2D eigenvalue weighted by molar-refractivity contribution is 0.100. The molecule has 0 unspecified atom stereocenters. The number of hydrogen-bond acceptors (Lipinski definition) is 4. The maximum Gasteiger partial charge on any atom is 0.255 e. The average molecular weight is 280 g/mol. The second-order valence-electron chi connectivity index (χ2n) is 4.30. The van der Waals surface area contributed by atoms with Crippen molar-refractivity contribution in [1.82, 2.24) is 19.6 Å². The largest absolute Gasteiger partial charge is 0.371 e. The first-order valence-electron chi connectivity index (χ1n) is 6.19. The van der Waals surface area contributed by atoms with E-state index >= 15 is 0 Å². The summed E-state index contributed by atoms with van der Waals surface area (Å²) in [5, 5.41) is 9.45. The maximum atomic E-state index is 11.5. The fourth-order valence-electron chi connectivity index (χ4n) is 1.98. The maximum absolute atomic E-state index is 11.5. The van der Waals surface area contributed by atoms with Gasteiger partial charge in [-0.1, -0.05) is 5.92 Å². The van der Waals surface area contributed by atoms with Gasteiger partial charge in [0.15, 0.2) is 5.82 Å². The third kappa shape index (κ3) is 2.30. The molecule has 3 aromatic rings. The molecule has 0 saturated heterocycles. The van der Waals surface area contributed by atoms with E-state index in [1.807, 2.05) is 28.9 Å². The number of pyridine rings is 1. The number of fused-ring (bicyclic) bond motifs is 1. The summed E-state index contributed by atoms with van der Waals surface area (Å²) in [7, 11) is 1.66. The van der Waals surface area contributed by atoms with E-state index in [0.717, 1.165) is 11.2 Å². The van der Waals surface area contributed by atoms with E-state index in [1.165, 1.54) is 0 Å². The number of nitrogens with one attached hydrogen (secondary N) is 2. The van der Waals surface area contributed by atoms with Gasteiger partial charge in [0, 0.05) is 31.2 Å². The van der Waals surface area contributed by atoms with Gasteiger partial charge in [-0.05, 0) is 18.1 Å². The third-order valence-electron chi connectivity index (χ3n) is 2.97. The van der Waals surface area contributed by atoms with Gasteiger partial charge in [0.25, 0.3) is 5.91 Å². The standard InChI is InChI=1S/C14H12N6O/c1-16-14-12(13(15)21)10(18-19-14)4-2-9-3-5-11-17-6-7-20(11)8-9/h3,5-8H,1H3,(H2,15,21)(H2,16,18,19). The van der Waals surface area contributed by atoms with Crippen LogP contribution in [0.15, 0.2) is 30.7 Å². The summed E-state index contributed by atoms with van der Waals surface area (Å²) < 4.78 is 1.87. The molecule has 4 N–H and O–H groups in total. The molecule has 1 amide bonds. The van der Waals surface area contributed by atoms with Crippen molar-refractivity contribution in [1.29, 1.82) is 0 Å². The Balaban J connectivity index is 2.00. The summed E-state index contributed by atoms with van der Waals surface area (Å²) in [5.74, 6) is 5.65. The van der Waals surface area contributed by atoms with Gasteiger partial charge in [-0.3, -0.25) is 9.89 Å². The highest BCUT2D eigenvalue weighted by molar-refractivity contribution is 5.99. The SMILES string of the molecule is CNc1n[nH]c(C#Cc2ccc3nccn3c2)c1C(N)=O. The highest BCUT2D eigenvalue weighted by Crippen LogP contribution is 2.14. The van der Waals surface area contributed by atoms with Gasteiger partial charge in [0.05, 0.1) is 0 Å². The Morgan fingerprint density at radius 1 is 1.43 bits per heavy atom. The van der Waals surface area contributed by atoms with Crippen LogP contribution in [0.1, 0.15) is 21.6 Å². The van der Waals surface area contributed by atoms with Crippen LogP contribution in [0.5, 0.6) is 0 Å². The van der Waals surface area contributed by atoms with Crippen LogP contribution in [0.25, 0.3) is 5.65 Å². The van der Waals surface area contributed by atoms with Gasteiger partial charge in [-0.25, -0.2) is 4.98 Å². The minimum atomic E-state index is -0.581. The zero-order valence-corrected chi connectivity index (χ0v) is 11.2. The predicted molar refractivity (Wildman–Crippen MR) is 77.8 cm³/mol. The Bertz CT molecular complexity index is 880. The van der Waals surface area contributed by atoms with Crippen molar-refractivity contribution >= 4 is 17.4 Å². The molecule has 3 aromatic heterocycles. The number of nitrogens with two attached hydrogens (primary N) is 1. The minimum Gasteiger partial charge on any atom is -0.371 e. The smallest absolute Gasteiger partial charge is 0.255 e. The molecular formula is C14H12N6O. The molecule has 104 valence electrons. The van der Waals surface area contributed by atoms with E-state index in [9.17, 15) is 4.79 Å². The number of aromatic amines is 1. The van der Waals surface area contributed by atoms with E-state index < -0.39 is 5.91 Å². The van der Waals surface area contributed by atoms with Gasteiger partial charge in [0.2, 0.25) is 0 Å².